The molecule has 6 nitrogen and oxygen atoms in total. The number of aromatic nitrogens is 2. The molecule has 1 saturated heterocycles. The van der Waals surface area contributed by atoms with Gasteiger partial charge >= 0.3 is 12.1 Å². The fourth-order valence-electron chi connectivity index (χ4n) is 2.74. The van der Waals surface area contributed by atoms with Crippen molar-refractivity contribution in [1.82, 2.24) is 15.0 Å². The molecule has 0 spiro atoms. The van der Waals surface area contributed by atoms with E-state index in [1.807, 2.05) is 13.8 Å². The van der Waals surface area contributed by atoms with Crippen molar-refractivity contribution in [3.8, 4) is 11.4 Å². The first-order chi connectivity index (χ1) is 11.7. The van der Waals surface area contributed by atoms with Gasteiger partial charge in [-0.3, -0.25) is 4.79 Å². The number of hydrogen-bond donors (Lipinski definition) is 0. The van der Waals surface area contributed by atoms with Crippen molar-refractivity contribution in [3.05, 3.63) is 35.7 Å². The normalized spacial score (nSPS) is 21.4. The van der Waals surface area contributed by atoms with E-state index in [0.29, 0.717) is 24.2 Å². The second-order valence-corrected chi connectivity index (χ2v) is 5.97. The van der Waals surface area contributed by atoms with E-state index in [0.717, 1.165) is 0 Å². The largest absolute Gasteiger partial charge is 0.471 e. The van der Waals surface area contributed by atoms with E-state index < -0.39 is 12.1 Å². The van der Waals surface area contributed by atoms with Crippen LogP contribution < -0.4 is 0 Å². The number of morpholine rings is 1. The first kappa shape index (κ1) is 17.4. The molecule has 0 bridgehead atoms. The van der Waals surface area contributed by atoms with Crippen molar-refractivity contribution in [2.45, 2.75) is 32.2 Å². The zero-order chi connectivity index (χ0) is 18.2. The maximum atomic E-state index is 12.5. The quantitative estimate of drug-likeness (QED) is 0.828. The van der Waals surface area contributed by atoms with E-state index in [1.54, 1.807) is 4.90 Å². The van der Waals surface area contributed by atoms with Crippen LogP contribution in [0.2, 0.25) is 0 Å². The number of halogens is 3. The highest BCUT2D eigenvalue weighted by Crippen LogP contribution is 2.29. The van der Waals surface area contributed by atoms with E-state index >= 15 is 0 Å². The number of ether oxygens (including phenoxy) is 1. The molecule has 2 heterocycles. The van der Waals surface area contributed by atoms with Gasteiger partial charge in [0.1, 0.15) is 0 Å². The summed E-state index contributed by atoms with van der Waals surface area (Å²) < 4.78 is 47.3. The zero-order valence-corrected chi connectivity index (χ0v) is 13.6. The molecular formula is C16H16F3N3O3. The predicted molar refractivity (Wildman–Crippen MR) is 80.6 cm³/mol. The van der Waals surface area contributed by atoms with Crippen LogP contribution in [0.15, 0.2) is 28.8 Å². The lowest BCUT2D eigenvalue weighted by atomic mass is 10.1. The predicted octanol–water partition coefficient (Wildman–Crippen LogP) is 3.00. The molecule has 0 saturated carbocycles. The maximum Gasteiger partial charge on any atom is 0.471 e. The van der Waals surface area contributed by atoms with Crippen molar-refractivity contribution in [1.29, 1.82) is 0 Å². The van der Waals surface area contributed by atoms with Crippen LogP contribution in [-0.2, 0) is 10.9 Å². The Labute approximate surface area is 141 Å². The summed E-state index contributed by atoms with van der Waals surface area (Å²) in [6.45, 7) is 4.77. The summed E-state index contributed by atoms with van der Waals surface area (Å²) in [5, 5.41) is 3.32. The Kier molecular flexibility index (Phi) is 4.51. The Morgan fingerprint density at radius 3 is 2.28 bits per heavy atom. The summed E-state index contributed by atoms with van der Waals surface area (Å²) >= 11 is 0. The summed E-state index contributed by atoms with van der Waals surface area (Å²) in [6.07, 6.45) is -4.79. The molecule has 2 atom stereocenters. The Morgan fingerprint density at radius 1 is 1.16 bits per heavy atom. The third kappa shape index (κ3) is 3.81. The molecule has 0 radical (unpaired) electrons. The summed E-state index contributed by atoms with van der Waals surface area (Å²) in [4.78, 5) is 17.6. The monoisotopic (exact) mass is 355 g/mol. The minimum absolute atomic E-state index is 0.0490. The van der Waals surface area contributed by atoms with Crippen molar-refractivity contribution in [2.24, 2.45) is 0 Å². The van der Waals surface area contributed by atoms with Crippen LogP contribution in [0.4, 0.5) is 13.2 Å². The zero-order valence-electron chi connectivity index (χ0n) is 13.6. The lowest BCUT2D eigenvalue weighted by Gasteiger charge is -2.35. The molecular weight excluding hydrogens is 339 g/mol. The molecule has 1 aliphatic rings. The van der Waals surface area contributed by atoms with E-state index in [4.69, 9.17) is 4.74 Å². The summed E-state index contributed by atoms with van der Waals surface area (Å²) in [5.74, 6) is -1.74. The number of hydrogen-bond acceptors (Lipinski definition) is 5. The highest BCUT2D eigenvalue weighted by Gasteiger charge is 2.38. The fourth-order valence-corrected chi connectivity index (χ4v) is 2.74. The maximum absolute atomic E-state index is 12.5. The SMILES string of the molecule is C[C@@H]1CN(C(=O)c2ccc(-c3noc(C(F)(F)F)n3)cc2)C[C@H](C)O1. The Balaban J connectivity index is 1.76. The number of nitrogens with zero attached hydrogens (tertiary/aromatic N) is 3. The average Bonchev–Trinajstić information content (AvgIpc) is 3.03. The minimum Gasteiger partial charge on any atom is -0.372 e. The Bertz CT molecular complexity index is 748. The van der Waals surface area contributed by atoms with Gasteiger partial charge in [0.2, 0.25) is 5.82 Å². The number of carbonyl (C=O) groups is 1. The van der Waals surface area contributed by atoms with Crippen LogP contribution in [0, 0.1) is 0 Å². The molecule has 134 valence electrons. The van der Waals surface area contributed by atoms with Gasteiger partial charge in [-0.05, 0) is 26.0 Å². The van der Waals surface area contributed by atoms with Gasteiger partial charge in [0.15, 0.2) is 0 Å². The molecule has 0 aliphatic carbocycles. The average molecular weight is 355 g/mol. The Hall–Kier alpha value is -2.42. The van der Waals surface area contributed by atoms with Gasteiger partial charge in [0.25, 0.3) is 5.91 Å². The third-order valence-corrected chi connectivity index (χ3v) is 3.77. The van der Waals surface area contributed by atoms with E-state index in [1.165, 1.54) is 24.3 Å². The highest BCUT2D eigenvalue weighted by molar-refractivity contribution is 5.94. The van der Waals surface area contributed by atoms with Crippen LogP contribution in [0.5, 0.6) is 0 Å². The van der Waals surface area contributed by atoms with Crippen molar-refractivity contribution < 1.29 is 27.2 Å². The third-order valence-electron chi connectivity index (χ3n) is 3.77. The first-order valence-corrected chi connectivity index (χ1v) is 7.70. The lowest BCUT2D eigenvalue weighted by molar-refractivity contribution is -0.159. The van der Waals surface area contributed by atoms with Gasteiger partial charge in [-0.1, -0.05) is 17.3 Å². The van der Waals surface area contributed by atoms with Crippen molar-refractivity contribution >= 4 is 5.91 Å². The van der Waals surface area contributed by atoms with E-state index in [-0.39, 0.29) is 23.9 Å². The molecule has 1 fully saturated rings. The number of amides is 1. The highest BCUT2D eigenvalue weighted by atomic mass is 19.4. The van der Waals surface area contributed by atoms with Gasteiger partial charge in [-0.2, -0.15) is 18.2 Å². The standard InChI is InChI=1S/C16H16F3N3O3/c1-9-7-22(8-10(2)24-9)14(23)12-5-3-11(4-6-12)13-20-15(25-21-13)16(17,18)19/h3-6,9-10H,7-8H2,1-2H3/t9-,10+. The second kappa shape index (κ2) is 6.47. The van der Waals surface area contributed by atoms with Crippen LogP contribution in [0.1, 0.15) is 30.1 Å². The van der Waals surface area contributed by atoms with Crippen LogP contribution in [-0.4, -0.2) is 46.2 Å². The van der Waals surface area contributed by atoms with Gasteiger partial charge < -0.3 is 14.2 Å². The van der Waals surface area contributed by atoms with Gasteiger partial charge in [0.05, 0.1) is 12.2 Å². The molecule has 1 aromatic carbocycles. The fraction of sp³-hybridized carbons (Fsp3) is 0.438. The number of carbonyl (C=O) groups excluding carboxylic acids is 1. The molecule has 1 aliphatic heterocycles. The molecule has 1 amide bonds. The second-order valence-electron chi connectivity index (χ2n) is 5.97. The number of alkyl halides is 3. The number of benzene rings is 1. The van der Waals surface area contributed by atoms with Crippen LogP contribution in [0.25, 0.3) is 11.4 Å². The number of rotatable bonds is 2. The molecule has 25 heavy (non-hydrogen) atoms. The summed E-state index contributed by atoms with van der Waals surface area (Å²) in [6, 6.07) is 6.05. The molecule has 0 unspecified atom stereocenters. The van der Waals surface area contributed by atoms with Crippen molar-refractivity contribution in [2.75, 3.05) is 13.1 Å². The van der Waals surface area contributed by atoms with Gasteiger partial charge in [-0.15, -0.1) is 0 Å². The summed E-state index contributed by atoms with van der Waals surface area (Å²) in [7, 11) is 0. The minimum atomic E-state index is -4.69. The molecule has 3 rings (SSSR count). The summed E-state index contributed by atoms with van der Waals surface area (Å²) in [5.41, 5.74) is 0.768. The van der Waals surface area contributed by atoms with Gasteiger partial charge in [-0.25, -0.2) is 0 Å². The smallest absolute Gasteiger partial charge is 0.372 e. The van der Waals surface area contributed by atoms with E-state index in [9.17, 15) is 18.0 Å². The first-order valence-electron chi connectivity index (χ1n) is 7.70. The molecule has 1 aromatic heterocycles. The molecule has 2 aromatic rings. The molecule has 0 N–H and O–H groups in total. The topological polar surface area (TPSA) is 68.5 Å². The van der Waals surface area contributed by atoms with Crippen molar-refractivity contribution in [3.63, 3.8) is 0 Å². The van der Waals surface area contributed by atoms with E-state index in [2.05, 4.69) is 14.7 Å². The molecule has 9 heteroatoms. The van der Waals surface area contributed by atoms with Gasteiger partial charge in [0, 0.05) is 24.2 Å². The van der Waals surface area contributed by atoms with Crippen LogP contribution in [0.3, 0.4) is 0 Å². The lowest BCUT2D eigenvalue weighted by Crippen LogP contribution is -2.48. The van der Waals surface area contributed by atoms with Crippen LogP contribution >= 0.6 is 0 Å². The Morgan fingerprint density at radius 2 is 1.76 bits per heavy atom.